The van der Waals surface area contributed by atoms with Gasteiger partial charge in [-0.25, -0.2) is 4.79 Å². The second-order valence-corrected chi connectivity index (χ2v) is 9.97. The van der Waals surface area contributed by atoms with Crippen LogP contribution in [0.25, 0.3) is 33.4 Å². The second kappa shape index (κ2) is 7.90. The van der Waals surface area contributed by atoms with Crippen LogP contribution in [0.2, 0.25) is 0 Å². The number of aromatic nitrogens is 1. The van der Waals surface area contributed by atoms with Crippen LogP contribution in [0.5, 0.6) is 0 Å². The van der Waals surface area contributed by atoms with Gasteiger partial charge in [-0.05, 0) is 57.2 Å². The summed E-state index contributed by atoms with van der Waals surface area (Å²) in [4.78, 5) is 29.3. The first-order chi connectivity index (χ1) is 16.2. The lowest BCUT2D eigenvalue weighted by molar-refractivity contribution is -0.0328. The SMILES string of the molecule is CC(C)(C)N(C(=O)O)C1(c2ccc(-c3oc4cc[nH]c(=O)c4c3-c3ccccc3)cc2)CCC1. The van der Waals surface area contributed by atoms with E-state index < -0.39 is 17.2 Å². The quantitative estimate of drug-likeness (QED) is 0.362. The molecule has 0 bridgehead atoms. The predicted molar refractivity (Wildman–Crippen MR) is 133 cm³/mol. The van der Waals surface area contributed by atoms with E-state index in [0.717, 1.165) is 41.5 Å². The number of carboxylic acid groups (broad SMARTS) is 1. The van der Waals surface area contributed by atoms with Crippen molar-refractivity contribution in [2.75, 3.05) is 0 Å². The number of hydrogen-bond donors (Lipinski definition) is 2. The fourth-order valence-corrected chi connectivity index (χ4v) is 5.34. The van der Waals surface area contributed by atoms with Crippen molar-refractivity contribution in [3.63, 3.8) is 0 Å². The minimum absolute atomic E-state index is 0.196. The van der Waals surface area contributed by atoms with E-state index in [9.17, 15) is 14.7 Å². The summed E-state index contributed by atoms with van der Waals surface area (Å²) >= 11 is 0. The zero-order valence-corrected chi connectivity index (χ0v) is 19.6. The van der Waals surface area contributed by atoms with Gasteiger partial charge in [-0.2, -0.15) is 0 Å². The highest BCUT2D eigenvalue weighted by Crippen LogP contribution is 2.50. The maximum absolute atomic E-state index is 12.7. The molecule has 2 aromatic carbocycles. The molecule has 0 aliphatic heterocycles. The Morgan fingerprint density at radius 1 is 1.00 bits per heavy atom. The molecule has 2 aromatic heterocycles. The van der Waals surface area contributed by atoms with Crippen LogP contribution in [0.4, 0.5) is 4.79 Å². The largest absolute Gasteiger partial charge is 0.465 e. The molecule has 0 spiro atoms. The van der Waals surface area contributed by atoms with Gasteiger partial charge in [0.2, 0.25) is 0 Å². The first-order valence-electron chi connectivity index (χ1n) is 11.6. The summed E-state index contributed by atoms with van der Waals surface area (Å²) in [7, 11) is 0. The number of nitrogens with one attached hydrogen (secondary N) is 1. The zero-order valence-electron chi connectivity index (χ0n) is 19.6. The molecule has 0 atom stereocenters. The fourth-order valence-electron chi connectivity index (χ4n) is 5.34. The van der Waals surface area contributed by atoms with E-state index >= 15 is 0 Å². The van der Waals surface area contributed by atoms with Crippen LogP contribution in [0.3, 0.4) is 0 Å². The number of nitrogens with zero attached hydrogens (tertiary/aromatic N) is 1. The van der Waals surface area contributed by atoms with Gasteiger partial charge >= 0.3 is 6.09 Å². The van der Waals surface area contributed by atoms with Crippen molar-refractivity contribution in [3.8, 4) is 22.5 Å². The number of pyridine rings is 1. The van der Waals surface area contributed by atoms with E-state index in [1.165, 1.54) is 0 Å². The van der Waals surface area contributed by atoms with Crippen molar-refractivity contribution in [1.29, 1.82) is 0 Å². The number of H-pyrrole nitrogens is 1. The monoisotopic (exact) mass is 456 g/mol. The van der Waals surface area contributed by atoms with Gasteiger partial charge in [0.15, 0.2) is 0 Å². The van der Waals surface area contributed by atoms with E-state index in [2.05, 4.69) is 4.98 Å². The average molecular weight is 457 g/mol. The molecule has 6 nitrogen and oxygen atoms in total. The van der Waals surface area contributed by atoms with Crippen molar-refractivity contribution >= 4 is 17.1 Å². The number of amides is 1. The van der Waals surface area contributed by atoms with Crippen LogP contribution < -0.4 is 5.56 Å². The van der Waals surface area contributed by atoms with Gasteiger partial charge in [-0.15, -0.1) is 0 Å². The molecule has 2 N–H and O–H groups in total. The third-order valence-electron chi connectivity index (χ3n) is 6.83. The number of aromatic amines is 1. The van der Waals surface area contributed by atoms with Crippen LogP contribution in [0.15, 0.2) is 76.1 Å². The normalized spacial score (nSPS) is 15.1. The van der Waals surface area contributed by atoms with Gasteiger partial charge in [0.05, 0.1) is 10.9 Å². The molecule has 1 fully saturated rings. The molecule has 1 amide bonds. The molecular formula is C28H28N2O4. The number of fused-ring (bicyclic) bond motifs is 1. The topological polar surface area (TPSA) is 86.5 Å². The van der Waals surface area contributed by atoms with Gasteiger partial charge in [-0.1, -0.05) is 54.6 Å². The van der Waals surface area contributed by atoms with Crippen molar-refractivity contribution in [3.05, 3.63) is 82.8 Å². The fraction of sp³-hybridized carbons (Fsp3) is 0.286. The van der Waals surface area contributed by atoms with Crippen LogP contribution in [0, 0.1) is 0 Å². The van der Waals surface area contributed by atoms with Crippen LogP contribution >= 0.6 is 0 Å². The molecule has 6 heteroatoms. The summed E-state index contributed by atoms with van der Waals surface area (Å²) in [6.45, 7) is 5.81. The van der Waals surface area contributed by atoms with Gasteiger partial charge in [0, 0.05) is 22.9 Å². The van der Waals surface area contributed by atoms with Gasteiger partial charge in [0.25, 0.3) is 5.56 Å². The Hall–Kier alpha value is -3.80. The number of hydrogen-bond acceptors (Lipinski definition) is 3. The molecule has 5 rings (SSSR count). The third-order valence-corrected chi connectivity index (χ3v) is 6.83. The molecule has 1 aliphatic carbocycles. The van der Waals surface area contributed by atoms with Gasteiger partial charge in [-0.3, -0.25) is 9.69 Å². The lowest BCUT2D eigenvalue weighted by atomic mass is 9.69. The Morgan fingerprint density at radius 2 is 1.68 bits per heavy atom. The summed E-state index contributed by atoms with van der Waals surface area (Å²) in [5.41, 5.74) is 2.75. The average Bonchev–Trinajstić information content (AvgIpc) is 3.17. The molecule has 4 aromatic rings. The molecule has 1 aliphatic rings. The van der Waals surface area contributed by atoms with Gasteiger partial charge < -0.3 is 14.5 Å². The van der Waals surface area contributed by atoms with E-state index in [1.54, 1.807) is 17.2 Å². The number of furan rings is 1. The summed E-state index contributed by atoms with van der Waals surface area (Å²) in [6, 6.07) is 19.4. The minimum atomic E-state index is -0.904. The maximum Gasteiger partial charge on any atom is 0.408 e. The molecule has 1 saturated carbocycles. The highest BCUT2D eigenvalue weighted by molar-refractivity contribution is 6.01. The molecular weight excluding hydrogens is 428 g/mol. The summed E-state index contributed by atoms with van der Waals surface area (Å²) in [5, 5.41) is 10.6. The van der Waals surface area contributed by atoms with E-state index in [4.69, 9.17) is 4.42 Å². The molecule has 2 heterocycles. The number of carbonyl (C=O) groups is 1. The minimum Gasteiger partial charge on any atom is -0.465 e. The van der Waals surface area contributed by atoms with Crippen LogP contribution in [0.1, 0.15) is 45.6 Å². The zero-order chi connectivity index (χ0) is 24.1. The Labute approximate surface area is 197 Å². The summed E-state index contributed by atoms with van der Waals surface area (Å²) in [6.07, 6.45) is 3.27. The van der Waals surface area contributed by atoms with E-state index in [-0.39, 0.29) is 5.56 Å². The van der Waals surface area contributed by atoms with E-state index in [1.807, 2.05) is 75.4 Å². The standard InChI is InChI=1S/C28H28N2O4/c1-27(2,3)30(26(32)33)28(15-7-16-28)20-12-10-19(11-13-20)24-22(18-8-5-4-6-9-18)23-21(34-24)14-17-29-25(23)31/h4-6,8-14,17H,7,15-16H2,1-3H3,(H,29,31)(H,32,33). The number of benzene rings is 2. The van der Waals surface area contributed by atoms with Crippen LogP contribution in [-0.4, -0.2) is 26.6 Å². The Kier molecular flexibility index (Phi) is 5.12. The maximum atomic E-state index is 12.7. The highest BCUT2D eigenvalue weighted by atomic mass is 16.4. The van der Waals surface area contributed by atoms with Crippen LogP contribution in [-0.2, 0) is 5.54 Å². The lowest BCUT2D eigenvalue weighted by Crippen LogP contribution is -2.60. The summed E-state index contributed by atoms with van der Waals surface area (Å²) < 4.78 is 6.20. The molecule has 174 valence electrons. The van der Waals surface area contributed by atoms with Crippen molar-refractivity contribution in [2.24, 2.45) is 0 Å². The number of rotatable bonds is 4. The molecule has 0 saturated heterocycles. The molecule has 0 radical (unpaired) electrons. The molecule has 34 heavy (non-hydrogen) atoms. The van der Waals surface area contributed by atoms with Crippen molar-refractivity contribution in [1.82, 2.24) is 9.88 Å². The molecule has 0 unspecified atom stereocenters. The lowest BCUT2D eigenvalue weighted by Gasteiger charge is -2.54. The summed E-state index contributed by atoms with van der Waals surface area (Å²) in [5.74, 6) is 0.623. The smallest absolute Gasteiger partial charge is 0.408 e. The van der Waals surface area contributed by atoms with Gasteiger partial charge in [0.1, 0.15) is 11.3 Å². The van der Waals surface area contributed by atoms with E-state index in [0.29, 0.717) is 16.7 Å². The predicted octanol–water partition coefficient (Wildman–Crippen LogP) is 6.61. The second-order valence-electron chi connectivity index (χ2n) is 9.97. The Morgan fingerprint density at radius 3 is 2.24 bits per heavy atom. The van der Waals surface area contributed by atoms with Crippen molar-refractivity contribution < 1.29 is 14.3 Å². The first kappa shape index (κ1) is 22.0. The third kappa shape index (κ3) is 3.41. The first-order valence-corrected chi connectivity index (χ1v) is 11.6. The Bertz CT molecular complexity index is 1410. The Balaban J connectivity index is 1.64. The van der Waals surface area contributed by atoms with Crippen molar-refractivity contribution in [2.45, 2.75) is 51.1 Å². The highest BCUT2D eigenvalue weighted by Gasteiger charge is 2.50.